The number of piperidine rings is 1. The van der Waals surface area contributed by atoms with Crippen molar-refractivity contribution in [2.45, 2.75) is 18.9 Å². The van der Waals surface area contributed by atoms with Gasteiger partial charge in [0.15, 0.2) is 0 Å². The minimum absolute atomic E-state index is 0.0121. The summed E-state index contributed by atoms with van der Waals surface area (Å²) in [4.78, 5) is 30.6. The van der Waals surface area contributed by atoms with Crippen molar-refractivity contribution >= 4 is 46.0 Å². The van der Waals surface area contributed by atoms with Crippen molar-refractivity contribution in [3.05, 3.63) is 62.4 Å². The predicted octanol–water partition coefficient (Wildman–Crippen LogP) is 3.37. The van der Waals surface area contributed by atoms with Crippen LogP contribution in [0.3, 0.4) is 0 Å². The number of halogens is 2. The lowest BCUT2D eigenvalue weighted by atomic mass is 10.0. The molecule has 2 aromatic rings. The molecule has 0 bridgehead atoms. The first-order valence-electron chi connectivity index (χ1n) is 8.00. The van der Waals surface area contributed by atoms with E-state index in [-0.39, 0.29) is 17.9 Å². The zero-order chi connectivity index (χ0) is 17.8. The van der Waals surface area contributed by atoms with Gasteiger partial charge in [-0.3, -0.25) is 14.6 Å². The molecule has 1 fully saturated rings. The summed E-state index contributed by atoms with van der Waals surface area (Å²) in [5.74, 6) is -0.108. The Morgan fingerprint density at radius 1 is 1.24 bits per heavy atom. The Kier molecular flexibility index (Phi) is 5.90. The van der Waals surface area contributed by atoms with Gasteiger partial charge in [-0.15, -0.1) is 0 Å². The minimum atomic E-state index is -0.120. The van der Waals surface area contributed by atoms with Crippen molar-refractivity contribution in [1.82, 2.24) is 15.2 Å². The van der Waals surface area contributed by atoms with Crippen LogP contribution in [-0.4, -0.2) is 40.8 Å². The van der Waals surface area contributed by atoms with E-state index < -0.39 is 0 Å². The van der Waals surface area contributed by atoms with Crippen LogP contribution in [0.4, 0.5) is 0 Å². The van der Waals surface area contributed by atoms with Crippen LogP contribution in [0.2, 0.25) is 5.02 Å². The molecule has 2 heterocycles. The number of pyridine rings is 1. The van der Waals surface area contributed by atoms with Crippen LogP contribution < -0.4 is 5.32 Å². The van der Waals surface area contributed by atoms with Crippen molar-refractivity contribution in [2.75, 3.05) is 13.1 Å². The third-order valence-corrected chi connectivity index (χ3v) is 5.33. The summed E-state index contributed by atoms with van der Waals surface area (Å²) < 4.78 is 0.849. The number of hydrogen-bond acceptors (Lipinski definition) is 3. The molecule has 2 amide bonds. The Labute approximate surface area is 164 Å². The molecule has 0 saturated carbocycles. The highest BCUT2D eigenvalue weighted by Crippen LogP contribution is 2.21. The maximum Gasteiger partial charge on any atom is 0.254 e. The van der Waals surface area contributed by atoms with E-state index in [1.807, 2.05) is 4.90 Å². The summed E-state index contributed by atoms with van der Waals surface area (Å²) in [6.45, 7) is 1.24. The molecule has 3 rings (SSSR count). The highest BCUT2D eigenvalue weighted by atomic mass is 127. The van der Waals surface area contributed by atoms with Crippen LogP contribution in [0.5, 0.6) is 0 Å². The molecule has 1 saturated heterocycles. The fourth-order valence-corrected chi connectivity index (χ4v) is 3.93. The number of rotatable bonds is 3. The van der Waals surface area contributed by atoms with Crippen LogP contribution in [0.25, 0.3) is 0 Å². The second-order valence-corrected chi connectivity index (χ2v) is 7.50. The number of benzene rings is 1. The van der Waals surface area contributed by atoms with Crippen molar-refractivity contribution in [2.24, 2.45) is 0 Å². The van der Waals surface area contributed by atoms with E-state index >= 15 is 0 Å². The quantitative estimate of drug-likeness (QED) is 0.701. The van der Waals surface area contributed by atoms with Crippen LogP contribution >= 0.6 is 34.2 Å². The molecule has 130 valence electrons. The molecule has 0 spiro atoms. The molecule has 1 aromatic carbocycles. The van der Waals surface area contributed by atoms with Crippen LogP contribution in [0.1, 0.15) is 33.6 Å². The average Bonchev–Trinajstić information content (AvgIpc) is 2.62. The smallest absolute Gasteiger partial charge is 0.254 e. The van der Waals surface area contributed by atoms with Gasteiger partial charge in [0.2, 0.25) is 0 Å². The second kappa shape index (κ2) is 8.14. The first kappa shape index (κ1) is 18.1. The molecule has 5 nitrogen and oxygen atoms in total. The third-order valence-electron chi connectivity index (χ3n) is 4.20. The van der Waals surface area contributed by atoms with Gasteiger partial charge in [0, 0.05) is 40.1 Å². The maximum absolute atomic E-state index is 12.7. The molecule has 0 atom stereocenters. The van der Waals surface area contributed by atoms with Gasteiger partial charge >= 0.3 is 0 Å². The van der Waals surface area contributed by atoms with Gasteiger partial charge in [-0.1, -0.05) is 11.6 Å². The van der Waals surface area contributed by atoms with E-state index in [2.05, 4.69) is 32.9 Å². The Morgan fingerprint density at radius 2 is 2.00 bits per heavy atom. The molecule has 0 unspecified atom stereocenters. The number of carbonyl (C=O) groups excluding carboxylic acids is 2. The number of carbonyl (C=O) groups is 2. The van der Waals surface area contributed by atoms with Crippen LogP contribution in [0, 0.1) is 3.57 Å². The van der Waals surface area contributed by atoms with Crippen LogP contribution in [0.15, 0.2) is 42.7 Å². The van der Waals surface area contributed by atoms with E-state index in [1.54, 1.807) is 42.7 Å². The predicted molar refractivity (Wildman–Crippen MR) is 105 cm³/mol. The molecule has 1 aliphatic heterocycles. The molecule has 1 N–H and O–H groups in total. The molecule has 25 heavy (non-hydrogen) atoms. The second-order valence-electron chi connectivity index (χ2n) is 5.91. The standard InChI is InChI=1S/C18H17ClIN3O2/c19-13-3-4-15(16(20)10-13)18(25)23-8-5-14(6-9-23)22-17(24)12-2-1-7-21-11-12/h1-4,7,10-11,14H,5-6,8-9H2,(H,22,24). The number of likely N-dealkylation sites (tertiary alicyclic amines) is 1. The third kappa shape index (κ3) is 4.49. The normalized spacial score (nSPS) is 15.0. The maximum atomic E-state index is 12.7. The lowest BCUT2D eigenvalue weighted by Gasteiger charge is -2.32. The Hall–Kier alpha value is -1.67. The average molecular weight is 470 g/mol. The molecule has 7 heteroatoms. The highest BCUT2D eigenvalue weighted by Gasteiger charge is 2.25. The Morgan fingerprint density at radius 3 is 2.64 bits per heavy atom. The van der Waals surface area contributed by atoms with E-state index in [0.717, 1.165) is 16.4 Å². The number of nitrogens with one attached hydrogen (secondary N) is 1. The van der Waals surface area contributed by atoms with E-state index in [4.69, 9.17) is 11.6 Å². The van der Waals surface area contributed by atoms with Crippen molar-refractivity contribution in [3.8, 4) is 0 Å². The molecule has 0 aliphatic carbocycles. The van der Waals surface area contributed by atoms with Crippen molar-refractivity contribution in [3.63, 3.8) is 0 Å². The minimum Gasteiger partial charge on any atom is -0.349 e. The van der Waals surface area contributed by atoms with E-state index in [0.29, 0.717) is 29.2 Å². The van der Waals surface area contributed by atoms with Gasteiger partial charge < -0.3 is 10.2 Å². The summed E-state index contributed by atoms with van der Waals surface area (Å²) in [6.07, 6.45) is 4.67. The Bertz CT molecular complexity index is 777. The summed E-state index contributed by atoms with van der Waals surface area (Å²) in [5.41, 5.74) is 1.22. The summed E-state index contributed by atoms with van der Waals surface area (Å²) >= 11 is 8.08. The number of nitrogens with zero attached hydrogens (tertiary/aromatic N) is 2. The van der Waals surface area contributed by atoms with E-state index in [1.165, 1.54) is 0 Å². The van der Waals surface area contributed by atoms with Crippen molar-refractivity contribution < 1.29 is 9.59 Å². The van der Waals surface area contributed by atoms with Crippen LogP contribution in [-0.2, 0) is 0 Å². The zero-order valence-electron chi connectivity index (χ0n) is 13.4. The molecular formula is C18H17ClIN3O2. The monoisotopic (exact) mass is 469 g/mol. The summed E-state index contributed by atoms with van der Waals surface area (Å²) in [5, 5.41) is 3.64. The van der Waals surface area contributed by atoms with Crippen molar-refractivity contribution in [1.29, 1.82) is 0 Å². The number of aromatic nitrogens is 1. The lowest BCUT2D eigenvalue weighted by Crippen LogP contribution is -2.46. The molecular weight excluding hydrogens is 453 g/mol. The lowest BCUT2D eigenvalue weighted by molar-refractivity contribution is 0.0697. The van der Waals surface area contributed by atoms with Gasteiger partial charge in [0.25, 0.3) is 11.8 Å². The summed E-state index contributed by atoms with van der Waals surface area (Å²) in [6, 6.07) is 8.84. The largest absolute Gasteiger partial charge is 0.349 e. The van der Waals surface area contributed by atoms with Gasteiger partial charge in [0.1, 0.15) is 0 Å². The van der Waals surface area contributed by atoms with E-state index in [9.17, 15) is 9.59 Å². The SMILES string of the molecule is O=C(NC1CCN(C(=O)c2ccc(Cl)cc2I)CC1)c1cccnc1. The van der Waals surface area contributed by atoms with Gasteiger partial charge in [-0.2, -0.15) is 0 Å². The Balaban J connectivity index is 1.56. The zero-order valence-corrected chi connectivity index (χ0v) is 16.3. The number of amides is 2. The number of hydrogen-bond donors (Lipinski definition) is 1. The summed E-state index contributed by atoms with van der Waals surface area (Å²) in [7, 11) is 0. The topological polar surface area (TPSA) is 62.3 Å². The highest BCUT2D eigenvalue weighted by molar-refractivity contribution is 14.1. The van der Waals surface area contributed by atoms with Gasteiger partial charge in [-0.05, 0) is 65.8 Å². The first-order chi connectivity index (χ1) is 12.0. The first-order valence-corrected chi connectivity index (χ1v) is 9.45. The molecule has 1 aromatic heterocycles. The molecule has 1 aliphatic rings. The van der Waals surface area contributed by atoms with Gasteiger partial charge in [0.05, 0.1) is 11.1 Å². The fourth-order valence-electron chi connectivity index (χ4n) is 2.83. The van der Waals surface area contributed by atoms with Gasteiger partial charge in [-0.25, -0.2) is 0 Å². The fraction of sp³-hybridized carbons (Fsp3) is 0.278. The molecule has 0 radical (unpaired) electrons.